The lowest BCUT2D eigenvalue weighted by atomic mass is 9.81. The average Bonchev–Trinajstić information content (AvgIpc) is 3.34. The van der Waals surface area contributed by atoms with Gasteiger partial charge in [-0.05, 0) is 35.6 Å². The Morgan fingerprint density at radius 2 is 1.63 bits per heavy atom. The normalized spacial score (nSPS) is 20.7. The Morgan fingerprint density at radius 1 is 0.976 bits per heavy atom. The first kappa shape index (κ1) is 29.1. The molecule has 0 saturated carbocycles. The number of anilines is 1. The number of rotatable bonds is 5. The van der Waals surface area contributed by atoms with Gasteiger partial charge in [-0.25, -0.2) is 4.90 Å². The number of nitrogens with zero attached hydrogens (tertiary/aromatic N) is 2. The molecule has 7 nitrogen and oxygen atoms in total. The maximum atomic E-state index is 14.0. The van der Waals surface area contributed by atoms with Crippen molar-refractivity contribution in [2.24, 2.45) is 5.92 Å². The number of esters is 1. The first-order valence-corrected chi connectivity index (χ1v) is 14.6. The van der Waals surface area contributed by atoms with E-state index in [0.29, 0.717) is 20.4 Å². The number of hydrogen-bond acceptors (Lipinski definition) is 7. The number of para-hydroxylation sites is 1. The highest BCUT2D eigenvalue weighted by Gasteiger charge is 2.57. The molecule has 2 unspecified atom stereocenters. The number of fused-ring (bicyclic) bond motifs is 2. The molecule has 12 heteroatoms. The number of amides is 2. The fourth-order valence-corrected chi connectivity index (χ4v) is 8.06. The predicted molar refractivity (Wildman–Crippen MR) is 149 cm³/mol. The van der Waals surface area contributed by atoms with Crippen LogP contribution in [0.1, 0.15) is 55.2 Å². The standard InChI is InChI=1S/C29H27F3N2O5S2/c1-5-39-19(35)14-33-26-23(41-27(33)38)20(15-10-12-16(13-11-15)28(2,3)4)21-22(40-26)25(37)34(24(21)36)18-9-7-6-8-17(18)29(30,31)32/h6-13,20-22H,5,14H2,1-4H3/t20-,21?,22?/m1/s1. The van der Waals surface area contributed by atoms with E-state index in [1.54, 1.807) is 6.92 Å². The molecule has 3 heterocycles. The van der Waals surface area contributed by atoms with Crippen LogP contribution in [0.25, 0.3) is 0 Å². The van der Waals surface area contributed by atoms with Crippen LogP contribution in [0.15, 0.2) is 58.4 Å². The van der Waals surface area contributed by atoms with Crippen molar-refractivity contribution in [3.63, 3.8) is 0 Å². The minimum atomic E-state index is -4.79. The van der Waals surface area contributed by atoms with Crippen molar-refractivity contribution in [2.45, 2.75) is 62.0 Å². The summed E-state index contributed by atoms with van der Waals surface area (Å²) >= 11 is 1.80. The van der Waals surface area contributed by atoms with Gasteiger partial charge in [0.15, 0.2) is 0 Å². The van der Waals surface area contributed by atoms with Gasteiger partial charge in [0.2, 0.25) is 11.8 Å². The monoisotopic (exact) mass is 604 g/mol. The van der Waals surface area contributed by atoms with Gasteiger partial charge in [-0.1, -0.05) is 80.3 Å². The van der Waals surface area contributed by atoms with Gasteiger partial charge in [-0.2, -0.15) is 13.2 Å². The van der Waals surface area contributed by atoms with Crippen LogP contribution in [0.2, 0.25) is 0 Å². The molecule has 5 rings (SSSR count). The fourth-order valence-electron chi connectivity index (χ4n) is 5.29. The fraction of sp³-hybridized carbons (Fsp3) is 0.379. The largest absolute Gasteiger partial charge is 0.465 e. The average molecular weight is 605 g/mol. The Hall–Kier alpha value is -3.38. The molecule has 1 fully saturated rings. The van der Waals surface area contributed by atoms with E-state index in [1.807, 2.05) is 45.0 Å². The van der Waals surface area contributed by atoms with Crippen LogP contribution in [0.4, 0.5) is 18.9 Å². The molecule has 0 radical (unpaired) electrons. The first-order chi connectivity index (χ1) is 19.2. The number of imide groups is 1. The highest BCUT2D eigenvalue weighted by Crippen LogP contribution is 2.54. The lowest BCUT2D eigenvalue weighted by molar-refractivity contribution is -0.144. The molecule has 2 aliphatic heterocycles. The number of carbonyl (C=O) groups is 3. The number of halogens is 3. The zero-order chi connectivity index (χ0) is 29.9. The Bertz CT molecular complexity index is 1590. The zero-order valence-corrected chi connectivity index (χ0v) is 24.3. The van der Waals surface area contributed by atoms with Crippen LogP contribution in [0.5, 0.6) is 0 Å². The molecular weight excluding hydrogens is 577 g/mol. The molecule has 41 heavy (non-hydrogen) atoms. The van der Waals surface area contributed by atoms with E-state index in [0.717, 1.165) is 40.8 Å². The molecule has 1 saturated heterocycles. The van der Waals surface area contributed by atoms with E-state index in [4.69, 9.17) is 4.74 Å². The number of thiazole rings is 1. The van der Waals surface area contributed by atoms with Crippen LogP contribution in [0.3, 0.4) is 0 Å². The van der Waals surface area contributed by atoms with Crippen molar-refractivity contribution >= 4 is 46.6 Å². The summed E-state index contributed by atoms with van der Waals surface area (Å²) in [6.45, 7) is 7.50. The Labute approximate surface area is 242 Å². The van der Waals surface area contributed by atoms with Gasteiger partial charge in [0, 0.05) is 10.8 Å². The maximum absolute atomic E-state index is 14.0. The summed E-state index contributed by atoms with van der Waals surface area (Å²) in [6.07, 6.45) is -4.79. The molecule has 2 aliphatic rings. The lowest BCUT2D eigenvalue weighted by Crippen LogP contribution is -2.33. The van der Waals surface area contributed by atoms with E-state index in [-0.39, 0.29) is 18.6 Å². The van der Waals surface area contributed by atoms with E-state index in [9.17, 15) is 32.3 Å². The molecule has 2 aromatic carbocycles. The van der Waals surface area contributed by atoms with Gasteiger partial charge in [-0.15, -0.1) is 0 Å². The van der Waals surface area contributed by atoms with E-state index < -0.39 is 57.2 Å². The first-order valence-electron chi connectivity index (χ1n) is 12.9. The second kappa shape index (κ2) is 10.5. The summed E-state index contributed by atoms with van der Waals surface area (Å²) < 4.78 is 48.0. The van der Waals surface area contributed by atoms with Crippen LogP contribution < -0.4 is 9.77 Å². The van der Waals surface area contributed by atoms with Crippen LogP contribution in [-0.4, -0.2) is 34.2 Å². The van der Waals surface area contributed by atoms with Crippen molar-refractivity contribution in [3.05, 3.63) is 79.8 Å². The SMILES string of the molecule is CCOC(=O)Cn1c2c(sc1=O)[C@H](c1ccc(C(C)(C)C)cc1)C1C(=O)N(c3ccccc3C(F)(F)F)C(=O)C1S2. The number of aromatic nitrogens is 1. The van der Waals surface area contributed by atoms with Crippen molar-refractivity contribution in [2.75, 3.05) is 11.5 Å². The summed E-state index contributed by atoms with van der Waals surface area (Å²) in [4.78, 5) is 53.8. The number of alkyl halides is 3. The van der Waals surface area contributed by atoms with Crippen LogP contribution >= 0.6 is 23.1 Å². The minimum absolute atomic E-state index is 0.112. The van der Waals surface area contributed by atoms with Crippen LogP contribution in [0, 0.1) is 5.92 Å². The van der Waals surface area contributed by atoms with E-state index in [1.165, 1.54) is 16.7 Å². The maximum Gasteiger partial charge on any atom is 0.418 e. The molecule has 0 N–H and O–H groups in total. The minimum Gasteiger partial charge on any atom is -0.465 e. The number of thioether (sulfide) groups is 1. The third-order valence-electron chi connectivity index (χ3n) is 7.23. The quantitative estimate of drug-likeness (QED) is 0.279. The summed E-state index contributed by atoms with van der Waals surface area (Å²) in [7, 11) is 0. The van der Waals surface area contributed by atoms with Gasteiger partial charge in [-0.3, -0.25) is 23.7 Å². The third kappa shape index (κ3) is 5.12. The molecule has 1 aromatic heterocycles. The van der Waals surface area contributed by atoms with Gasteiger partial charge in [0.1, 0.15) is 11.8 Å². The van der Waals surface area contributed by atoms with Gasteiger partial charge in [0.25, 0.3) is 0 Å². The number of carbonyl (C=O) groups excluding carboxylic acids is 3. The van der Waals surface area contributed by atoms with Gasteiger partial charge >= 0.3 is 17.0 Å². The third-order valence-corrected chi connectivity index (χ3v) is 9.83. The molecule has 2 amide bonds. The summed E-state index contributed by atoms with van der Waals surface area (Å²) in [6, 6.07) is 11.9. The number of hydrogen-bond donors (Lipinski definition) is 0. The topological polar surface area (TPSA) is 85.7 Å². The molecule has 3 aromatic rings. The molecular formula is C29H27F3N2O5S2. The molecule has 0 bridgehead atoms. The predicted octanol–water partition coefficient (Wildman–Crippen LogP) is 5.59. The van der Waals surface area contributed by atoms with Crippen LogP contribution in [-0.2, 0) is 37.3 Å². The Kier molecular flexibility index (Phi) is 7.44. The Morgan fingerprint density at radius 3 is 2.24 bits per heavy atom. The molecule has 3 atom stereocenters. The summed E-state index contributed by atoms with van der Waals surface area (Å²) in [5.74, 6) is -4.05. The van der Waals surface area contributed by atoms with Crippen molar-refractivity contribution in [3.8, 4) is 0 Å². The highest BCUT2D eigenvalue weighted by atomic mass is 32.2. The smallest absolute Gasteiger partial charge is 0.418 e. The molecule has 0 spiro atoms. The highest BCUT2D eigenvalue weighted by molar-refractivity contribution is 8.00. The van der Waals surface area contributed by atoms with E-state index in [2.05, 4.69) is 0 Å². The molecule has 216 valence electrons. The van der Waals surface area contributed by atoms with Crippen molar-refractivity contribution in [1.29, 1.82) is 0 Å². The zero-order valence-electron chi connectivity index (χ0n) is 22.7. The Balaban J connectivity index is 1.67. The number of ether oxygens (including phenoxy) is 1. The summed E-state index contributed by atoms with van der Waals surface area (Å²) in [5.41, 5.74) is -0.124. The molecule has 0 aliphatic carbocycles. The van der Waals surface area contributed by atoms with Gasteiger partial charge in [0.05, 0.1) is 28.8 Å². The van der Waals surface area contributed by atoms with Crippen molar-refractivity contribution < 1.29 is 32.3 Å². The second-order valence-corrected chi connectivity index (χ2v) is 13.0. The van der Waals surface area contributed by atoms with Gasteiger partial charge < -0.3 is 4.74 Å². The lowest BCUT2D eigenvalue weighted by Gasteiger charge is -2.31. The van der Waals surface area contributed by atoms with Crippen molar-refractivity contribution in [1.82, 2.24) is 4.57 Å². The summed E-state index contributed by atoms with van der Waals surface area (Å²) in [5, 5.41) is -0.766. The number of benzene rings is 2. The second-order valence-electron chi connectivity index (χ2n) is 10.9. The van der Waals surface area contributed by atoms with E-state index >= 15 is 0 Å².